The van der Waals surface area contributed by atoms with Crippen molar-refractivity contribution in [3.63, 3.8) is 0 Å². The maximum atomic E-state index is 11.2. The zero-order valence-corrected chi connectivity index (χ0v) is 10.2. The van der Waals surface area contributed by atoms with E-state index in [-0.39, 0.29) is 12.3 Å². The third kappa shape index (κ3) is 3.39. The Hall–Kier alpha value is -1.27. The average molecular weight is 244 g/mol. The van der Waals surface area contributed by atoms with Crippen LogP contribution in [0.4, 0.5) is 5.69 Å². The molecule has 0 atom stereocenters. The number of hydrogen-bond donors (Lipinski definition) is 2. The summed E-state index contributed by atoms with van der Waals surface area (Å²) in [5.74, 6) is 0.653. The molecule has 1 rings (SSSR count). The lowest BCUT2D eigenvalue weighted by Gasteiger charge is -2.08. The Morgan fingerprint density at radius 3 is 2.62 bits per heavy atom. The quantitative estimate of drug-likeness (QED) is 0.748. The van der Waals surface area contributed by atoms with E-state index < -0.39 is 10.0 Å². The van der Waals surface area contributed by atoms with Crippen LogP contribution in [-0.4, -0.2) is 21.3 Å². The first-order chi connectivity index (χ1) is 7.48. The molecule has 6 heteroatoms. The first-order valence-corrected chi connectivity index (χ1v) is 6.53. The van der Waals surface area contributed by atoms with Crippen molar-refractivity contribution < 1.29 is 13.2 Å². The van der Waals surface area contributed by atoms with Gasteiger partial charge in [-0.05, 0) is 24.6 Å². The highest BCUT2D eigenvalue weighted by molar-refractivity contribution is 7.89. The third-order valence-electron chi connectivity index (χ3n) is 2.17. The summed E-state index contributed by atoms with van der Waals surface area (Å²) in [6, 6.07) is 5.18. The molecule has 0 unspecified atom stereocenters. The van der Waals surface area contributed by atoms with E-state index in [2.05, 4.69) is 4.72 Å². The number of nitrogens with one attached hydrogen (secondary N) is 1. The fourth-order valence-corrected chi connectivity index (χ4v) is 1.78. The van der Waals surface area contributed by atoms with Gasteiger partial charge in [-0.3, -0.25) is 0 Å². The van der Waals surface area contributed by atoms with Crippen molar-refractivity contribution in [2.45, 2.75) is 13.5 Å². The van der Waals surface area contributed by atoms with E-state index in [1.807, 2.05) is 0 Å². The zero-order chi connectivity index (χ0) is 12.2. The summed E-state index contributed by atoms with van der Waals surface area (Å²) in [6.07, 6.45) is 0. The first-order valence-electron chi connectivity index (χ1n) is 4.88. The van der Waals surface area contributed by atoms with E-state index in [9.17, 15) is 8.42 Å². The molecule has 1 aromatic rings. The van der Waals surface area contributed by atoms with Gasteiger partial charge in [0.1, 0.15) is 5.75 Å². The summed E-state index contributed by atoms with van der Waals surface area (Å²) in [5, 5.41) is 0. The topological polar surface area (TPSA) is 81.4 Å². The van der Waals surface area contributed by atoms with Gasteiger partial charge in [0, 0.05) is 6.54 Å². The molecule has 0 saturated carbocycles. The lowest BCUT2D eigenvalue weighted by molar-refractivity contribution is 0.417. The average Bonchev–Trinajstić information content (AvgIpc) is 2.27. The van der Waals surface area contributed by atoms with Gasteiger partial charge >= 0.3 is 0 Å². The number of sulfonamides is 1. The highest BCUT2D eigenvalue weighted by Crippen LogP contribution is 2.21. The Kier molecular flexibility index (Phi) is 4.14. The number of nitrogen functional groups attached to an aromatic ring is 1. The Morgan fingerprint density at radius 2 is 2.12 bits per heavy atom. The molecular weight excluding hydrogens is 228 g/mol. The molecule has 0 spiro atoms. The lowest BCUT2D eigenvalue weighted by Crippen LogP contribution is -2.24. The number of benzene rings is 1. The Labute approximate surface area is 95.7 Å². The van der Waals surface area contributed by atoms with Gasteiger partial charge in [0.2, 0.25) is 10.0 Å². The summed E-state index contributed by atoms with van der Waals surface area (Å²) in [4.78, 5) is 0. The molecule has 0 aromatic heterocycles. The molecular formula is C10H16N2O3S. The van der Waals surface area contributed by atoms with Crippen LogP contribution in [0.2, 0.25) is 0 Å². The maximum absolute atomic E-state index is 11.2. The summed E-state index contributed by atoms with van der Waals surface area (Å²) in [5.41, 5.74) is 7.00. The molecule has 0 aliphatic rings. The van der Waals surface area contributed by atoms with Crippen LogP contribution in [0.5, 0.6) is 5.75 Å². The van der Waals surface area contributed by atoms with Crippen LogP contribution < -0.4 is 15.2 Å². The standard InChI is InChI=1S/C10H16N2O3S/c1-3-16(13,14)12-7-8-4-5-10(15-2)9(11)6-8/h4-6,12H,3,7,11H2,1-2H3. The number of anilines is 1. The lowest BCUT2D eigenvalue weighted by atomic mass is 10.2. The second-order valence-corrected chi connectivity index (χ2v) is 5.40. The summed E-state index contributed by atoms with van der Waals surface area (Å²) >= 11 is 0. The molecule has 0 fully saturated rings. The second-order valence-electron chi connectivity index (χ2n) is 3.30. The van der Waals surface area contributed by atoms with Crippen molar-refractivity contribution in [3.8, 4) is 5.75 Å². The number of methoxy groups -OCH3 is 1. The normalized spacial score (nSPS) is 11.4. The van der Waals surface area contributed by atoms with Crippen molar-refractivity contribution in [2.24, 2.45) is 0 Å². The van der Waals surface area contributed by atoms with Gasteiger partial charge in [0.05, 0.1) is 18.6 Å². The molecule has 90 valence electrons. The van der Waals surface area contributed by atoms with Gasteiger partial charge < -0.3 is 10.5 Å². The van der Waals surface area contributed by atoms with Crippen molar-refractivity contribution in [2.75, 3.05) is 18.6 Å². The minimum Gasteiger partial charge on any atom is -0.495 e. The first kappa shape index (κ1) is 12.8. The van der Waals surface area contributed by atoms with Gasteiger partial charge in [0.15, 0.2) is 0 Å². The van der Waals surface area contributed by atoms with Crippen molar-refractivity contribution in [1.82, 2.24) is 4.72 Å². The molecule has 0 saturated heterocycles. The van der Waals surface area contributed by atoms with E-state index >= 15 is 0 Å². The van der Waals surface area contributed by atoms with Gasteiger partial charge in [0.25, 0.3) is 0 Å². The van der Waals surface area contributed by atoms with Crippen LogP contribution in [0, 0.1) is 0 Å². The summed E-state index contributed by atoms with van der Waals surface area (Å²) < 4.78 is 29.9. The smallest absolute Gasteiger partial charge is 0.211 e. The van der Waals surface area contributed by atoms with Crippen molar-refractivity contribution in [1.29, 1.82) is 0 Å². The fourth-order valence-electron chi connectivity index (χ4n) is 1.19. The number of ether oxygens (including phenoxy) is 1. The molecule has 0 aliphatic carbocycles. The van der Waals surface area contributed by atoms with Crippen LogP contribution in [0.15, 0.2) is 18.2 Å². The molecule has 0 heterocycles. The van der Waals surface area contributed by atoms with Gasteiger partial charge in [-0.2, -0.15) is 0 Å². The minimum absolute atomic E-state index is 0.0681. The van der Waals surface area contributed by atoms with Crippen LogP contribution in [0.25, 0.3) is 0 Å². The van der Waals surface area contributed by atoms with Crippen LogP contribution >= 0.6 is 0 Å². The molecule has 5 nitrogen and oxygen atoms in total. The number of hydrogen-bond acceptors (Lipinski definition) is 4. The SMILES string of the molecule is CCS(=O)(=O)NCc1ccc(OC)c(N)c1. The molecule has 0 radical (unpaired) electrons. The van der Waals surface area contributed by atoms with Gasteiger partial charge in [-0.1, -0.05) is 6.07 Å². The van der Waals surface area contributed by atoms with Gasteiger partial charge in [-0.15, -0.1) is 0 Å². The highest BCUT2D eigenvalue weighted by atomic mass is 32.2. The van der Waals surface area contributed by atoms with E-state index in [1.165, 1.54) is 7.11 Å². The van der Waals surface area contributed by atoms with Crippen LogP contribution in [0.3, 0.4) is 0 Å². The summed E-state index contributed by atoms with van der Waals surface area (Å²) in [7, 11) is -1.64. The molecule has 1 aromatic carbocycles. The monoisotopic (exact) mass is 244 g/mol. The van der Waals surface area contributed by atoms with Crippen molar-refractivity contribution >= 4 is 15.7 Å². The van der Waals surface area contributed by atoms with Crippen LogP contribution in [-0.2, 0) is 16.6 Å². The summed E-state index contributed by atoms with van der Waals surface area (Å²) in [6.45, 7) is 1.83. The minimum atomic E-state index is -3.17. The maximum Gasteiger partial charge on any atom is 0.211 e. The van der Waals surface area contributed by atoms with E-state index in [4.69, 9.17) is 10.5 Å². The van der Waals surface area contributed by atoms with Crippen molar-refractivity contribution in [3.05, 3.63) is 23.8 Å². The Balaban J connectivity index is 2.73. The largest absolute Gasteiger partial charge is 0.495 e. The Bertz CT molecular complexity index is 457. The predicted octanol–water partition coefficient (Wildman–Crippen LogP) is 0.717. The second kappa shape index (κ2) is 5.18. The number of nitrogens with two attached hydrogens (primary N) is 1. The molecule has 0 amide bonds. The van der Waals surface area contributed by atoms with E-state index in [0.29, 0.717) is 11.4 Å². The highest BCUT2D eigenvalue weighted by Gasteiger charge is 2.06. The molecule has 0 bridgehead atoms. The van der Waals surface area contributed by atoms with Crippen LogP contribution in [0.1, 0.15) is 12.5 Å². The fraction of sp³-hybridized carbons (Fsp3) is 0.400. The predicted molar refractivity (Wildman–Crippen MR) is 63.7 cm³/mol. The van der Waals surface area contributed by atoms with E-state index in [0.717, 1.165) is 5.56 Å². The van der Waals surface area contributed by atoms with Gasteiger partial charge in [-0.25, -0.2) is 13.1 Å². The van der Waals surface area contributed by atoms with E-state index in [1.54, 1.807) is 25.1 Å². The molecule has 0 aliphatic heterocycles. The molecule has 3 N–H and O–H groups in total. The molecule has 16 heavy (non-hydrogen) atoms. The zero-order valence-electron chi connectivity index (χ0n) is 9.36. The third-order valence-corrected chi connectivity index (χ3v) is 3.51. The Morgan fingerprint density at radius 1 is 1.44 bits per heavy atom. The number of rotatable bonds is 5.